The molecule has 0 aromatic carbocycles. The molecule has 3 aliphatic heterocycles. The standard InChI is InChI=1S/C16H29N5O5S/c1-16(25)10(6-27-5-3-9(17)15(23)24)26-14(11(16)22)21-4-2-8-12(18)19-7-20-13(8)21/h8-11,13-14,20,22,25H,2-7,17H2,1H3,(H2,18,19)(H,23,24)/t8?,9-,10+,11-,13?,14+,16+/m0/s1. The van der Waals surface area contributed by atoms with Crippen molar-refractivity contribution in [2.45, 2.75) is 56.0 Å². The van der Waals surface area contributed by atoms with Crippen LogP contribution in [0.2, 0.25) is 0 Å². The number of ether oxygens (including phenoxy) is 1. The highest BCUT2D eigenvalue weighted by Crippen LogP contribution is 2.38. The number of nitrogens with two attached hydrogens (primary N) is 2. The van der Waals surface area contributed by atoms with Crippen molar-refractivity contribution in [3.8, 4) is 0 Å². The van der Waals surface area contributed by atoms with Crippen molar-refractivity contribution in [2.75, 3.05) is 24.7 Å². The van der Waals surface area contributed by atoms with Gasteiger partial charge in [0.05, 0.1) is 18.9 Å². The van der Waals surface area contributed by atoms with Gasteiger partial charge in [-0.2, -0.15) is 11.8 Å². The molecule has 0 saturated carbocycles. The number of likely N-dealkylation sites (tertiary alicyclic amines) is 1. The molecule has 0 aliphatic carbocycles. The number of aliphatic carboxylic acids is 1. The third-order valence-corrected chi connectivity index (χ3v) is 6.75. The van der Waals surface area contributed by atoms with Gasteiger partial charge < -0.3 is 31.5 Å². The lowest BCUT2D eigenvalue weighted by Gasteiger charge is -2.36. The second-order valence-corrected chi connectivity index (χ2v) is 8.67. The SMILES string of the molecule is C[C@@]1(O)[C@@H](CSCC[C@H](N)C(=O)O)O[C@@H](N2CCC3C(N)=NCNC32)[C@@H]1O. The van der Waals surface area contributed by atoms with E-state index in [1.807, 2.05) is 4.90 Å². The Morgan fingerprint density at radius 2 is 2.33 bits per heavy atom. The summed E-state index contributed by atoms with van der Waals surface area (Å²) >= 11 is 1.46. The lowest BCUT2D eigenvalue weighted by Crippen LogP contribution is -2.57. The van der Waals surface area contributed by atoms with Gasteiger partial charge in [0.2, 0.25) is 0 Å². The number of aliphatic hydroxyl groups is 2. The van der Waals surface area contributed by atoms with Crippen molar-refractivity contribution in [1.29, 1.82) is 0 Å². The van der Waals surface area contributed by atoms with E-state index in [2.05, 4.69) is 10.3 Å². The number of carboxylic acid groups (broad SMARTS) is 1. The molecule has 0 amide bonds. The Morgan fingerprint density at radius 1 is 1.59 bits per heavy atom. The van der Waals surface area contributed by atoms with E-state index in [0.29, 0.717) is 37.0 Å². The van der Waals surface area contributed by atoms with E-state index in [9.17, 15) is 15.0 Å². The molecule has 8 N–H and O–H groups in total. The summed E-state index contributed by atoms with van der Waals surface area (Å²) in [6.07, 6.45) is -1.20. The maximum absolute atomic E-state index is 10.8. The van der Waals surface area contributed by atoms with Crippen LogP contribution in [0.25, 0.3) is 0 Å². The summed E-state index contributed by atoms with van der Waals surface area (Å²) in [5.74, 6) is 0.633. The van der Waals surface area contributed by atoms with Gasteiger partial charge in [-0.3, -0.25) is 20.0 Å². The molecule has 3 aliphatic rings. The number of rotatable bonds is 7. The Kier molecular flexibility index (Phi) is 6.31. The molecule has 0 radical (unpaired) electrons. The second-order valence-electron chi connectivity index (χ2n) is 7.52. The zero-order valence-electron chi connectivity index (χ0n) is 15.3. The average molecular weight is 404 g/mol. The summed E-state index contributed by atoms with van der Waals surface area (Å²) in [6, 6.07) is -0.896. The number of nitrogens with one attached hydrogen (secondary N) is 1. The Balaban J connectivity index is 1.58. The Hall–Kier alpha value is -0.950. The fraction of sp³-hybridized carbons (Fsp3) is 0.875. The van der Waals surface area contributed by atoms with Crippen LogP contribution in [-0.2, 0) is 9.53 Å². The highest BCUT2D eigenvalue weighted by molar-refractivity contribution is 7.99. The molecule has 3 heterocycles. The van der Waals surface area contributed by atoms with E-state index in [1.165, 1.54) is 11.8 Å². The molecule has 7 atom stereocenters. The van der Waals surface area contributed by atoms with E-state index in [-0.39, 0.29) is 12.1 Å². The average Bonchev–Trinajstić information content (AvgIpc) is 3.13. The van der Waals surface area contributed by atoms with Gasteiger partial charge in [0.1, 0.15) is 29.8 Å². The third kappa shape index (κ3) is 4.09. The van der Waals surface area contributed by atoms with Crippen LogP contribution < -0.4 is 16.8 Å². The van der Waals surface area contributed by atoms with Gasteiger partial charge in [0.15, 0.2) is 0 Å². The summed E-state index contributed by atoms with van der Waals surface area (Å²) in [4.78, 5) is 17.0. The molecule has 10 nitrogen and oxygen atoms in total. The molecule has 0 spiro atoms. The largest absolute Gasteiger partial charge is 0.480 e. The van der Waals surface area contributed by atoms with Crippen LogP contribution in [-0.4, -0.2) is 93.0 Å². The second kappa shape index (κ2) is 8.19. The Morgan fingerprint density at radius 3 is 3.04 bits per heavy atom. The topological polar surface area (TPSA) is 167 Å². The molecule has 2 unspecified atom stereocenters. The lowest BCUT2D eigenvalue weighted by molar-refractivity contribution is -0.138. The minimum absolute atomic E-state index is 0.0714. The van der Waals surface area contributed by atoms with Crippen LogP contribution in [0.1, 0.15) is 19.8 Å². The molecular weight excluding hydrogens is 374 g/mol. The highest BCUT2D eigenvalue weighted by atomic mass is 32.2. The summed E-state index contributed by atoms with van der Waals surface area (Å²) in [5, 5.41) is 33.6. The summed E-state index contributed by atoms with van der Waals surface area (Å²) in [7, 11) is 0. The number of thioether (sulfide) groups is 1. The van der Waals surface area contributed by atoms with Crippen molar-refractivity contribution in [2.24, 2.45) is 22.4 Å². The van der Waals surface area contributed by atoms with Crippen molar-refractivity contribution < 1.29 is 24.9 Å². The van der Waals surface area contributed by atoms with Crippen molar-refractivity contribution in [1.82, 2.24) is 10.2 Å². The molecule has 154 valence electrons. The first kappa shape index (κ1) is 20.8. The normalized spacial score (nSPS) is 40.6. The maximum Gasteiger partial charge on any atom is 0.320 e. The van der Waals surface area contributed by atoms with E-state index >= 15 is 0 Å². The van der Waals surface area contributed by atoms with Crippen LogP contribution >= 0.6 is 11.8 Å². The van der Waals surface area contributed by atoms with E-state index in [4.69, 9.17) is 21.3 Å². The number of amidine groups is 1. The van der Waals surface area contributed by atoms with Crippen molar-refractivity contribution >= 4 is 23.6 Å². The monoisotopic (exact) mass is 403 g/mol. The van der Waals surface area contributed by atoms with E-state index in [0.717, 1.165) is 6.42 Å². The number of fused-ring (bicyclic) bond motifs is 1. The molecule has 0 aromatic rings. The Bertz CT molecular complexity index is 592. The first-order chi connectivity index (χ1) is 12.7. The zero-order valence-corrected chi connectivity index (χ0v) is 16.1. The smallest absolute Gasteiger partial charge is 0.320 e. The van der Waals surface area contributed by atoms with Gasteiger partial charge in [-0.05, 0) is 25.5 Å². The third-order valence-electron chi connectivity index (χ3n) is 5.69. The van der Waals surface area contributed by atoms with Crippen LogP contribution in [0.15, 0.2) is 4.99 Å². The molecule has 2 fully saturated rings. The van der Waals surface area contributed by atoms with E-state index in [1.54, 1.807) is 6.92 Å². The first-order valence-corrected chi connectivity index (χ1v) is 10.3. The number of carbonyl (C=O) groups is 1. The fourth-order valence-electron chi connectivity index (χ4n) is 3.87. The fourth-order valence-corrected chi connectivity index (χ4v) is 5.09. The molecule has 0 bridgehead atoms. The van der Waals surface area contributed by atoms with Gasteiger partial charge in [-0.15, -0.1) is 0 Å². The number of hydrogen-bond donors (Lipinski definition) is 6. The summed E-state index contributed by atoms with van der Waals surface area (Å²) in [6.45, 7) is 2.68. The number of hydrogen-bond acceptors (Lipinski definition) is 10. The van der Waals surface area contributed by atoms with Crippen LogP contribution in [0.3, 0.4) is 0 Å². The zero-order chi connectivity index (χ0) is 19.8. The first-order valence-electron chi connectivity index (χ1n) is 9.14. The predicted molar refractivity (Wildman–Crippen MR) is 101 cm³/mol. The molecule has 11 heteroatoms. The predicted octanol–water partition coefficient (Wildman–Crippen LogP) is -2.08. The Labute approximate surface area is 162 Å². The van der Waals surface area contributed by atoms with Crippen LogP contribution in [0, 0.1) is 5.92 Å². The highest BCUT2D eigenvalue weighted by Gasteiger charge is 2.56. The molecule has 3 rings (SSSR count). The summed E-state index contributed by atoms with van der Waals surface area (Å²) in [5.41, 5.74) is 10.1. The molecule has 2 saturated heterocycles. The van der Waals surface area contributed by atoms with Gasteiger partial charge in [0.25, 0.3) is 0 Å². The number of carboxylic acids is 1. The van der Waals surface area contributed by atoms with Crippen LogP contribution in [0.4, 0.5) is 0 Å². The van der Waals surface area contributed by atoms with Gasteiger partial charge >= 0.3 is 5.97 Å². The molecule has 0 aromatic heterocycles. The quantitative estimate of drug-likeness (QED) is 0.260. The maximum atomic E-state index is 10.8. The van der Waals surface area contributed by atoms with Crippen molar-refractivity contribution in [3.05, 3.63) is 0 Å². The molecule has 27 heavy (non-hydrogen) atoms. The van der Waals surface area contributed by atoms with Gasteiger partial charge in [0, 0.05) is 18.2 Å². The minimum atomic E-state index is -1.40. The number of aliphatic imine (C=N–C) groups is 1. The minimum Gasteiger partial charge on any atom is -0.480 e. The van der Waals surface area contributed by atoms with Gasteiger partial charge in [-0.1, -0.05) is 0 Å². The van der Waals surface area contributed by atoms with Crippen molar-refractivity contribution in [3.63, 3.8) is 0 Å². The number of aliphatic hydroxyl groups excluding tert-OH is 1. The van der Waals surface area contributed by atoms with Gasteiger partial charge in [-0.25, -0.2) is 0 Å². The lowest BCUT2D eigenvalue weighted by atomic mass is 9.95. The van der Waals surface area contributed by atoms with Crippen LogP contribution in [0.5, 0.6) is 0 Å². The number of nitrogens with zero attached hydrogens (tertiary/aromatic N) is 2. The van der Waals surface area contributed by atoms with E-state index < -0.39 is 36.0 Å². The molecular formula is C16H29N5O5S. The summed E-state index contributed by atoms with van der Waals surface area (Å²) < 4.78 is 6.05.